The van der Waals surface area contributed by atoms with E-state index in [2.05, 4.69) is 34.3 Å². The van der Waals surface area contributed by atoms with Crippen LogP contribution in [0.1, 0.15) is 31.3 Å². The third-order valence-corrected chi connectivity index (χ3v) is 2.24. The van der Waals surface area contributed by atoms with Crippen LogP contribution in [0.5, 0.6) is 0 Å². The molecule has 5 heteroatoms. The molecule has 2 rings (SSSR count). The van der Waals surface area contributed by atoms with Crippen molar-refractivity contribution in [3.8, 4) is 0 Å². The Morgan fingerprint density at radius 3 is 2.94 bits per heavy atom. The minimum absolute atomic E-state index is 0.404. The molecule has 0 saturated carbocycles. The van der Waals surface area contributed by atoms with E-state index < -0.39 is 0 Å². The second kappa shape index (κ2) is 5.54. The molecule has 0 radical (unpaired) electrons. The van der Waals surface area contributed by atoms with Gasteiger partial charge in [0.15, 0.2) is 5.82 Å². The molecule has 5 nitrogen and oxygen atoms in total. The molecule has 0 amide bonds. The molecule has 0 spiro atoms. The number of hydrogen-bond donors (Lipinski definition) is 1. The van der Waals surface area contributed by atoms with Gasteiger partial charge in [0.1, 0.15) is 0 Å². The molecule has 17 heavy (non-hydrogen) atoms. The number of nitrogens with one attached hydrogen (secondary N) is 1. The van der Waals surface area contributed by atoms with Gasteiger partial charge in [-0.1, -0.05) is 25.1 Å². The largest absolute Gasteiger partial charge is 0.338 e. The molecule has 0 aliphatic carbocycles. The number of pyridine rings is 1. The average Bonchev–Trinajstić information content (AvgIpc) is 2.75. The summed E-state index contributed by atoms with van der Waals surface area (Å²) in [5.74, 6) is 1.29. The summed E-state index contributed by atoms with van der Waals surface area (Å²) >= 11 is 0. The molecular weight excluding hydrogens is 216 g/mol. The van der Waals surface area contributed by atoms with E-state index in [0.29, 0.717) is 30.7 Å². The Bertz CT molecular complexity index is 453. The number of nitrogens with zero attached hydrogens (tertiary/aromatic N) is 3. The smallest absolute Gasteiger partial charge is 0.240 e. The van der Waals surface area contributed by atoms with Crippen molar-refractivity contribution in [2.24, 2.45) is 0 Å². The van der Waals surface area contributed by atoms with Crippen molar-refractivity contribution in [1.29, 1.82) is 0 Å². The molecule has 0 aliphatic rings. The van der Waals surface area contributed by atoms with Crippen molar-refractivity contribution in [1.82, 2.24) is 20.4 Å². The van der Waals surface area contributed by atoms with Gasteiger partial charge in [0, 0.05) is 17.9 Å². The van der Waals surface area contributed by atoms with Crippen LogP contribution >= 0.6 is 0 Å². The molecule has 2 aromatic heterocycles. The SMILES string of the molecule is CC(C)NCc1nc(Cc2ccccn2)no1. The summed E-state index contributed by atoms with van der Waals surface area (Å²) in [6, 6.07) is 6.19. The van der Waals surface area contributed by atoms with Gasteiger partial charge >= 0.3 is 0 Å². The first-order valence-corrected chi connectivity index (χ1v) is 5.69. The summed E-state index contributed by atoms with van der Waals surface area (Å²) in [5, 5.41) is 7.15. The zero-order valence-corrected chi connectivity index (χ0v) is 10.1. The van der Waals surface area contributed by atoms with Crippen molar-refractivity contribution in [3.63, 3.8) is 0 Å². The maximum atomic E-state index is 5.14. The third kappa shape index (κ3) is 3.64. The van der Waals surface area contributed by atoms with Crippen LogP contribution in [0.2, 0.25) is 0 Å². The maximum absolute atomic E-state index is 5.14. The molecule has 0 saturated heterocycles. The van der Waals surface area contributed by atoms with Crippen molar-refractivity contribution >= 4 is 0 Å². The average molecular weight is 232 g/mol. The van der Waals surface area contributed by atoms with E-state index in [0.717, 1.165) is 5.69 Å². The lowest BCUT2D eigenvalue weighted by molar-refractivity contribution is 0.358. The molecule has 0 aliphatic heterocycles. The Morgan fingerprint density at radius 2 is 2.24 bits per heavy atom. The molecule has 0 bridgehead atoms. The van der Waals surface area contributed by atoms with Gasteiger partial charge < -0.3 is 9.84 Å². The van der Waals surface area contributed by atoms with Gasteiger partial charge in [-0.2, -0.15) is 4.98 Å². The summed E-state index contributed by atoms with van der Waals surface area (Å²) in [6.07, 6.45) is 2.36. The zero-order valence-electron chi connectivity index (χ0n) is 10.1. The van der Waals surface area contributed by atoms with Gasteiger partial charge in [-0.05, 0) is 12.1 Å². The van der Waals surface area contributed by atoms with Crippen LogP contribution in [0, 0.1) is 0 Å². The van der Waals surface area contributed by atoms with E-state index in [9.17, 15) is 0 Å². The van der Waals surface area contributed by atoms with Crippen LogP contribution in [0.4, 0.5) is 0 Å². The fraction of sp³-hybridized carbons (Fsp3) is 0.417. The Balaban J connectivity index is 1.94. The predicted molar refractivity (Wildman–Crippen MR) is 63.3 cm³/mol. The van der Waals surface area contributed by atoms with Crippen LogP contribution in [0.15, 0.2) is 28.9 Å². The van der Waals surface area contributed by atoms with Crippen LogP contribution in [-0.4, -0.2) is 21.2 Å². The quantitative estimate of drug-likeness (QED) is 0.847. The van der Waals surface area contributed by atoms with Crippen LogP contribution in [0.25, 0.3) is 0 Å². The van der Waals surface area contributed by atoms with E-state index in [1.807, 2.05) is 18.2 Å². The molecule has 0 fully saturated rings. The Morgan fingerprint density at radius 1 is 1.35 bits per heavy atom. The Hall–Kier alpha value is -1.75. The van der Waals surface area contributed by atoms with Crippen LogP contribution in [-0.2, 0) is 13.0 Å². The zero-order chi connectivity index (χ0) is 12.1. The lowest BCUT2D eigenvalue weighted by Gasteiger charge is -2.02. The fourth-order valence-electron chi connectivity index (χ4n) is 1.39. The second-order valence-corrected chi connectivity index (χ2v) is 4.14. The third-order valence-electron chi connectivity index (χ3n) is 2.24. The molecule has 2 heterocycles. The second-order valence-electron chi connectivity index (χ2n) is 4.14. The maximum Gasteiger partial charge on any atom is 0.240 e. The van der Waals surface area contributed by atoms with Crippen LogP contribution < -0.4 is 5.32 Å². The highest BCUT2D eigenvalue weighted by atomic mass is 16.5. The first-order valence-electron chi connectivity index (χ1n) is 5.69. The number of aromatic nitrogens is 3. The van der Waals surface area contributed by atoms with Gasteiger partial charge in [-0.3, -0.25) is 4.98 Å². The summed E-state index contributed by atoms with van der Waals surface area (Å²) in [5.41, 5.74) is 0.941. The topological polar surface area (TPSA) is 63.8 Å². The van der Waals surface area contributed by atoms with E-state index in [1.165, 1.54) is 0 Å². The lowest BCUT2D eigenvalue weighted by Crippen LogP contribution is -2.21. The summed E-state index contributed by atoms with van der Waals surface area (Å²) < 4.78 is 5.14. The van der Waals surface area contributed by atoms with Crippen molar-refractivity contribution < 1.29 is 4.52 Å². The van der Waals surface area contributed by atoms with Gasteiger partial charge in [-0.25, -0.2) is 0 Å². The van der Waals surface area contributed by atoms with Crippen LogP contribution in [0.3, 0.4) is 0 Å². The number of rotatable bonds is 5. The van der Waals surface area contributed by atoms with Gasteiger partial charge in [0.25, 0.3) is 0 Å². The molecule has 0 aromatic carbocycles. The Kier molecular flexibility index (Phi) is 3.82. The highest BCUT2D eigenvalue weighted by molar-refractivity contribution is 5.09. The first kappa shape index (κ1) is 11.7. The minimum atomic E-state index is 0.404. The van der Waals surface area contributed by atoms with Gasteiger partial charge in [0.2, 0.25) is 5.89 Å². The highest BCUT2D eigenvalue weighted by Crippen LogP contribution is 2.04. The molecule has 2 aromatic rings. The van der Waals surface area contributed by atoms with E-state index in [1.54, 1.807) is 6.20 Å². The van der Waals surface area contributed by atoms with E-state index in [-0.39, 0.29) is 0 Å². The normalized spacial score (nSPS) is 11.0. The molecule has 0 atom stereocenters. The molecule has 90 valence electrons. The van der Waals surface area contributed by atoms with Gasteiger partial charge in [0.05, 0.1) is 13.0 Å². The van der Waals surface area contributed by atoms with Crippen molar-refractivity contribution in [3.05, 3.63) is 41.8 Å². The highest BCUT2D eigenvalue weighted by Gasteiger charge is 2.07. The van der Waals surface area contributed by atoms with Crippen molar-refractivity contribution in [2.75, 3.05) is 0 Å². The van der Waals surface area contributed by atoms with Crippen molar-refractivity contribution in [2.45, 2.75) is 32.9 Å². The van der Waals surface area contributed by atoms with Gasteiger partial charge in [-0.15, -0.1) is 0 Å². The lowest BCUT2D eigenvalue weighted by atomic mass is 10.2. The molecular formula is C12H16N4O. The molecule has 1 N–H and O–H groups in total. The first-order chi connectivity index (χ1) is 8.24. The molecule has 0 unspecified atom stereocenters. The summed E-state index contributed by atoms with van der Waals surface area (Å²) in [7, 11) is 0. The standard InChI is InChI=1S/C12H16N4O/c1-9(2)14-8-12-15-11(16-17-12)7-10-5-3-4-6-13-10/h3-6,9,14H,7-8H2,1-2H3. The van der Waals surface area contributed by atoms with E-state index >= 15 is 0 Å². The fourth-order valence-corrected chi connectivity index (χ4v) is 1.39. The summed E-state index contributed by atoms with van der Waals surface area (Å²) in [6.45, 7) is 4.75. The number of hydrogen-bond acceptors (Lipinski definition) is 5. The monoisotopic (exact) mass is 232 g/mol. The summed E-state index contributed by atoms with van der Waals surface area (Å²) in [4.78, 5) is 8.52. The predicted octanol–water partition coefficient (Wildman–Crippen LogP) is 1.55. The van der Waals surface area contributed by atoms with E-state index in [4.69, 9.17) is 4.52 Å². The minimum Gasteiger partial charge on any atom is -0.338 e. The Labute approximate surface area is 100 Å².